The van der Waals surface area contributed by atoms with Crippen molar-refractivity contribution in [2.24, 2.45) is 11.7 Å². The summed E-state index contributed by atoms with van der Waals surface area (Å²) in [6.45, 7) is 0. The molecule has 0 saturated heterocycles. The maximum Gasteiger partial charge on any atom is 0.269 e. The van der Waals surface area contributed by atoms with Gasteiger partial charge in [-0.15, -0.1) is 0 Å². The van der Waals surface area contributed by atoms with E-state index in [2.05, 4.69) is 0 Å². The molecule has 5 heteroatoms. The van der Waals surface area contributed by atoms with Crippen LogP contribution in [0.15, 0.2) is 24.3 Å². The number of hydrogen-bond donors (Lipinski definition) is 1. The van der Waals surface area contributed by atoms with Crippen molar-refractivity contribution in [3.8, 4) is 0 Å². The lowest BCUT2D eigenvalue weighted by Crippen LogP contribution is -2.16. The summed E-state index contributed by atoms with van der Waals surface area (Å²) in [4.78, 5) is 21.3. The molecule has 1 aliphatic carbocycles. The van der Waals surface area contributed by atoms with E-state index >= 15 is 0 Å². The molecule has 1 aromatic rings. The van der Waals surface area contributed by atoms with Crippen molar-refractivity contribution < 1.29 is 9.72 Å². The first kappa shape index (κ1) is 11.6. The highest BCUT2D eigenvalue weighted by atomic mass is 16.6. The number of primary amides is 1. The molecule has 2 rings (SSSR count). The van der Waals surface area contributed by atoms with Crippen LogP contribution in [0.4, 0.5) is 5.69 Å². The lowest BCUT2D eigenvalue weighted by atomic mass is 9.90. The van der Waals surface area contributed by atoms with Gasteiger partial charge in [0.2, 0.25) is 5.91 Å². The summed E-state index contributed by atoms with van der Waals surface area (Å²) in [6, 6.07) is 6.49. The van der Waals surface area contributed by atoms with Gasteiger partial charge in [0.1, 0.15) is 0 Å². The molecule has 1 atom stereocenters. The second-order valence-electron chi connectivity index (χ2n) is 4.47. The molecule has 90 valence electrons. The number of nitro benzene ring substituents is 1. The van der Waals surface area contributed by atoms with Gasteiger partial charge in [-0.2, -0.15) is 0 Å². The van der Waals surface area contributed by atoms with Crippen molar-refractivity contribution in [2.75, 3.05) is 0 Å². The summed E-state index contributed by atoms with van der Waals surface area (Å²) in [5, 5.41) is 10.7. The van der Waals surface area contributed by atoms with Crippen molar-refractivity contribution in [2.45, 2.75) is 25.2 Å². The number of benzene rings is 1. The molecule has 17 heavy (non-hydrogen) atoms. The Morgan fingerprint density at radius 3 is 2.76 bits per heavy atom. The van der Waals surface area contributed by atoms with E-state index in [1.54, 1.807) is 12.1 Å². The Bertz CT molecular complexity index is 455. The van der Waals surface area contributed by atoms with Crippen LogP contribution in [-0.2, 0) is 4.79 Å². The second kappa shape index (κ2) is 4.53. The number of carbonyl (C=O) groups is 1. The van der Waals surface area contributed by atoms with E-state index in [1.165, 1.54) is 6.07 Å². The topological polar surface area (TPSA) is 86.2 Å². The Balaban J connectivity index is 2.25. The molecule has 0 heterocycles. The standard InChI is InChI=1S/C12H14N2O3/c13-12(15)7-11(8-4-5-8)9-2-1-3-10(6-9)14(16)17/h1-3,6,8,11H,4-5,7H2,(H2,13,15)/t11-/m1/s1. The Morgan fingerprint density at radius 1 is 1.53 bits per heavy atom. The van der Waals surface area contributed by atoms with Crippen molar-refractivity contribution in [3.63, 3.8) is 0 Å². The highest BCUT2D eigenvalue weighted by Crippen LogP contribution is 2.44. The van der Waals surface area contributed by atoms with Crippen LogP contribution in [0.25, 0.3) is 0 Å². The zero-order chi connectivity index (χ0) is 12.4. The first-order valence-electron chi connectivity index (χ1n) is 5.60. The van der Waals surface area contributed by atoms with Crippen LogP contribution in [0, 0.1) is 16.0 Å². The fraction of sp³-hybridized carbons (Fsp3) is 0.417. The number of nitro groups is 1. The molecule has 0 aromatic heterocycles. The minimum Gasteiger partial charge on any atom is -0.370 e. The zero-order valence-corrected chi connectivity index (χ0v) is 9.33. The van der Waals surface area contributed by atoms with Gasteiger partial charge in [0, 0.05) is 18.6 Å². The number of hydrogen-bond acceptors (Lipinski definition) is 3. The molecular weight excluding hydrogens is 220 g/mol. The summed E-state index contributed by atoms with van der Waals surface area (Å²) < 4.78 is 0. The summed E-state index contributed by atoms with van der Waals surface area (Å²) in [5.74, 6) is 0.130. The first-order valence-corrected chi connectivity index (χ1v) is 5.60. The first-order chi connectivity index (χ1) is 8.08. The third-order valence-electron chi connectivity index (χ3n) is 3.12. The molecule has 2 N–H and O–H groups in total. The number of non-ortho nitro benzene ring substituents is 1. The highest BCUT2D eigenvalue weighted by molar-refractivity contribution is 5.75. The van der Waals surface area contributed by atoms with E-state index in [-0.39, 0.29) is 23.9 Å². The third-order valence-corrected chi connectivity index (χ3v) is 3.12. The van der Waals surface area contributed by atoms with Crippen LogP contribution in [0.3, 0.4) is 0 Å². The summed E-state index contributed by atoms with van der Waals surface area (Å²) in [6.07, 6.45) is 2.41. The third kappa shape index (κ3) is 2.81. The number of carbonyl (C=O) groups excluding carboxylic acids is 1. The summed E-state index contributed by atoms with van der Waals surface area (Å²) in [5.41, 5.74) is 6.14. The minimum absolute atomic E-state index is 0.0346. The van der Waals surface area contributed by atoms with Crippen LogP contribution in [0.1, 0.15) is 30.7 Å². The predicted molar refractivity (Wildman–Crippen MR) is 62.4 cm³/mol. The molecule has 0 radical (unpaired) electrons. The van der Waals surface area contributed by atoms with Crippen LogP contribution in [-0.4, -0.2) is 10.8 Å². The molecule has 0 aliphatic heterocycles. The Morgan fingerprint density at radius 2 is 2.24 bits per heavy atom. The number of nitrogens with zero attached hydrogens (tertiary/aromatic N) is 1. The van der Waals surface area contributed by atoms with E-state index in [0.29, 0.717) is 5.92 Å². The van der Waals surface area contributed by atoms with Gasteiger partial charge in [-0.3, -0.25) is 14.9 Å². The van der Waals surface area contributed by atoms with Crippen LogP contribution >= 0.6 is 0 Å². The molecule has 1 saturated carbocycles. The van der Waals surface area contributed by atoms with Crippen molar-refractivity contribution >= 4 is 11.6 Å². The molecule has 1 aromatic carbocycles. The monoisotopic (exact) mass is 234 g/mol. The van der Waals surface area contributed by atoms with Gasteiger partial charge in [0.05, 0.1) is 4.92 Å². The van der Waals surface area contributed by atoms with Gasteiger partial charge in [-0.25, -0.2) is 0 Å². The average molecular weight is 234 g/mol. The van der Waals surface area contributed by atoms with Gasteiger partial charge in [0.25, 0.3) is 5.69 Å². The van der Waals surface area contributed by atoms with Crippen molar-refractivity contribution in [1.29, 1.82) is 0 Å². The molecule has 0 bridgehead atoms. The predicted octanol–water partition coefficient (Wildman–Crippen LogP) is 1.96. The Kier molecular flexibility index (Phi) is 3.08. The fourth-order valence-corrected chi connectivity index (χ4v) is 2.14. The number of rotatable bonds is 5. The van der Waals surface area contributed by atoms with E-state index in [1.807, 2.05) is 6.07 Å². The molecular formula is C12H14N2O3. The van der Waals surface area contributed by atoms with E-state index in [4.69, 9.17) is 5.73 Å². The van der Waals surface area contributed by atoms with E-state index in [0.717, 1.165) is 18.4 Å². The maximum absolute atomic E-state index is 11.0. The smallest absolute Gasteiger partial charge is 0.269 e. The molecule has 0 spiro atoms. The normalized spacial score (nSPS) is 16.5. The zero-order valence-electron chi connectivity index (χ0n) is 9.33. The molecule has 1 fully saturated rings. The van der Waals surface area contributed by atoms with Gasteiger partial charge >= 0.3 is 0 Å². The molecule has 0 unspecified atom stereocenters. The average Bonchev–Trinajstić information content (AvgIpc) is 3.09. The quantitative estimate of drug-likeness (QED) is 0.624. The summed E-state index contributed by atoms with van der Waals surface area (Å²) in [7, 11) is 0. The largest absolute Gasteiger partial charge is 0.370 e. The van der Waals surface area contributed by atoms with Crippen LogP contribution < -0.4 is 5.73 Å². The SMILES string of the molecule is NC(=O)C[C@@H](c1cccc([N+](=O)[O-])c1)C1CC1. The van der Waals surface area contributed by atoms with Gasteiger partial charge in [0.15, 0.2) is 0 Å². The lowest BCUT2D eigenvalue weighted by molar-refractivity contribution is -0.384. The van der Waals surface area contributed by atoms with Crippen molar-refractivity contribution in [1.82, 2.24) is 0 Å². The van der Waals surface area contributed by atoms with Crippen molar-refractivity contribution in [3.05, 3.63) is 39.9 Å². The van der Waals surface area contributed by atoms with E-state index in [9.17, 15) is 14.9 Å². The number of nitrogens with two attached hydrogens (primary N) is 1. The van der Waals surface area contributed by atoms with Gasteiger partial charge in [-0.05, 0) is 30.2 Å². The summed E-state index contributed by atoms with van der Waals surface area (Å²) >= 11 is 0. The lowest BCUT2D eigenvalue weighted by Gasteiger charge is -2.14. The Labute approximate surface area is 98.8 Å². The second-order valence-corrected chi connectivity index (χ2v) is 4.47. The molecule has 1 amide bonds. The Hall–Kier alpha value is -1.91. The van der Waals surface area contributed by atoms with Gasteiger partial charge in [-0.1, -0.05) is 12.1 Å². The van der Waals surface area contributed by atoms with Gasteiger partial charge < -0.3 is 5.73 Å². The maximum atomic E-state index is 11.0. The van der Waals surface area contributed by atoms with E-state index < -0.39 is 4.92 Å². The van der Waals surface area contributed by atoms with Crippen LogP contribution in [0.2, 0.25) is 0 Å². The fourth-order valence-electron chi connectivity index (χ4n) is 2.14. The minimum atomic E-state index is -0.419. The molecule has 5 nitrogen and oxygen atoms in total. The molecule has 1 aliphatic rings. The number of amides is 1. The van der Waals surface area contributed by atoms with Crippen LogP contribution in [0.5, 0.6) is 0 Å². The highest BCUT2D eigenvalue weighted by Gasteiger charge is 2.33.